The first-order valence-electron chi connectivity index (χ1n) is 7.57. The maximum Gasteiger partial charge on any atom is 0.253 e. The first-order valence-corrected chi connectivity index (χ1v) is 7.57. The summed E-state index contributed by atoms with van der Waals surface area (Å²) in [5.74, 6) is 0.168. The van der Waals surface area contributed by atoms with Gasteiger partial charge in [0.25, 0.3) is 11.5 Å². The Hall–Kier alpha value is -2.67. The highest BCUT2D eigenvalue weighted by molar-refractivity contribution is 5.93. The van der Waals surface area contributed by atoms with E-state index in [4.69, 9.17) is 9.84 Å². The number of nitrogens with zero attached hydrogens (tertiary/aromatic N) is 2. The lowest BCUT2D eigenvalue weighted by Gasteiger charge is -2.13. The van der Waals surface area contributed by atoms with Crippen LogP contribution in [0.2, 0.25) is 0 Å². The molecule has 0 saturated carbocycles. The standard InChI is InChI=1S/C17H21N3O4/c1-11-8-12(2)19-17(24-3)14(11)9-18-16(23)13-4-5-15(22)20(10-13)6-7-21/h4-5,8,10,21H,6-7,9H2,1-3H3,(H,18,23). The molecule has 2 aromatic heterocycles. The molecule has 1 amide bonds. The van der Waals surface area contributed by atoms with Gasteiger partial charge >= 0.3 is 0 Å². The van der Waals surface area contributed by atoms with Crippen LogP contribution < -0.4 is 15.6 Å². The summed E-state index contributed by atoms with van der Waals surface area (Å²) >= 11 is 0. The van der Waals surface area contributed by atoms with Crippen LogP contribution in [0.1, 0.15) is 27.2 Å². The van der Waals surface area contributed by atoms with Crippen LogP contribution in [0.3, 0.4) is 0 Å². The zero-order valence-electron chi connectivity index (χ0n) is 14.0. The van der Waals surface area contributed by atoms with Gasteiger partial charge in [-0.15, -0.1) is 0 Å². The number of aromatic nitrogens is 2. The minimum atomic E-state index is -0.316. The van der Waals surface area contributed by atoms with E-state index in [0.717, 1.165) is 16.8 Å². The number of pyridine rings is 2. The Morgan fingerprint density at radius 2 is 2.12 bits per heavy atom. The van der Waals surface area contributed by atoms with Crippen LogP contribution in [0.25, 0.3) is 0 Å². The fraction of sp³-hybridized carbons (Fsp3) is 0.353. The molecule has 2 rings (SSSR count). The topological polar surface area (TPSA) is 93.5 Å². The van der Waals surface area contributed by atoms with Gasteiger partial charge in [0, 0.05) is 36.6 Å². The number of ether oxygens (including phenoxy) is 1. The number of hydrogen-bond donors (Lipinski definition) is 2. The SMILES string of the molecule is COc1nc(C)cc(C)c1CNC(=O)c1ccc(=O)n(CCO)c1. The van der Waals surface area contributed by atoms with Crippen LogP contribution in [0.15, 0.2) is 29.2 Å². The third kappa shape index (κ3) is 3.99. The summed E-state index contributed by atoms with van der Waals surface area (Å²) in [5.41, 5.74) is 2.71. The third-order valence-electron chi connectivity index (χ3n) is 3.64. The number of aliphatic hydroxyl groups is 1. The molecule has 0 aliphatic heterocycles. The van der Waals surface area contributed by atoms with Gasteiger partial charge in [-0.3, -0.25) is 9.59 Å². The molecule has 2 N–H and O–H groups in total. The summed E-state index contributed by atoms with van der Waals surface area (Å²) in [4.78, 5) is 28.2. The Labute approximate surface area is 139 Å². The molecule has 0 spiro atoms. The normalized spacial score (nSPS) is 10.5. The number of nitrogens with one attached hydrogen (secondary N) is 1. The van der Waals surface area contributed by atoms with E-state index in [9.17, 15) is 9.59 Å². The minimum Gasteiger partial charge on any atom is -0.481 e. The molecule has 0 aliphatic rings. The van der Waals surface area contributed by atoms with Crippen molar-refractivity contribution in [3.63, 3.8) is 0 Å². The van der Waals surface area contributed by atoms with Crippen LogP contribution in [0.4, 0.5) is 0 Å². The molecule has 2 heterocycles. The van der Waals surface area contributed by atoms with Gasteiger partial charge in [-0.05, 0) is 31.5 Å². The smallest absolute Gasteiger partial charge is 0.253 e. The van der Waals surface area contributed by atoms with E-state index in [0.29, 0.717) is 11.4 Å². The first-order chi connectivity index (χ1) is 11.5. The van der Waals surface area contributed by atoms with Crippen LogP contribution in [-0.2, 0) is 13.1 Å². The van der Waals surface area contributed by atoms with Crippen molar-refractivity contribution in [1.82, 2.24) is 14.9 Å². The van der Waals surface area contributed by atoms with Crippen LogP contribution in [-0.4, -0.2) is 34.3 Å². The number of hydrogen-bond acceptors (Lipinski definition) is 5. The second-order valence-corrected chi connectivity index (χ2v) is 5.42. The van der Waals surface area contributed by atoms with Gasteiger partial charge in [-0.25, -0.2) is 4.98 Å². The van der Waals surface area contributed by atoms with E-state index in [1.165, 1.54) is 30.0 Å². The highest BCUT2D eigenvalue weighted by atomic mass is 16.5. The van der Waals surface area contributed by atoms with E-state index < -0.39 is 0 Å². The highest BCUT2D eigenvalue weighted by Crippen LogP contribution is 2.20. The molecule has 7 nitrogen and oxygen atoms in total. The number of carbonyl (C=O) groups excluding carboxylic acids is 1. The van der Waals surface area contributed by atoms with Crippen molar-refractivity contribution < 1.29 is 14.6 Å². The maximum absolute atomic E-state index is 12.3. The Balaban J connectivity index is 2.17. The van der Waals surface area contributed by atoms with Gasteiger partial charge in [0.05, 0.1) is 19.3 Å². The molecule has 0 unspecified atom stereocenters. The third-order valence-corrected chi connectivity index (χ3v) is 3.64. The van der Waals surface area contributed by atoms with E-state index >= 15 is 0 Å². The van der Waals surface area contributed by atoms with Gasteiger partial charge in [0.2, 0.25) is 5.88 Å². The Kier molecular flexibility index (Phi) is 5.70. The maximum atomic E-state index is 12.3. The number of aliphatic hydroxyl groups excluding tert-OH is 1. The molecule has 2 aromatic rings. The molecule has 0 radical (unpaired) electrons. The van der Waals surface area contributed by atoms with Crippen molar-refractivity contribution in [2.45, 2.75) is 26.9 Å². The molecule has 0 saturated heterocycles. The number of rotatable bonds is 6. The van der Waals surface area contributed by atoms with E-state index in [-0.39, 0.29) is 31.2 Å². The molecule has 0 aliphatic carbocycles. The van der Waals surface area contributed by atoms with Gasteiger partial charge in [0.1, 0.15) is 0 Å². The summed E-state index contributed by atoms with van der Waals surface area (Å²) < 4.78 is 6.58. The summed E-state index contributed by atoms with van der Waals surface area (Å²) in [6.45, 7) is 4.05. The van der Waals surface area contributed by atoms with Crippen molar-refractivity contribution in [3.8, 4) is 5.88 Å². The fourth-order valence-corrected chi connectivity index (χ4v) is 2.43. The molecule has 0 atom stereocenters. The Bertz CT molecular complexity index is 799. The van der Waals surface area contributed by atoms with Gasteiger partial charge in [-0.2, -0.15) is 0 Å². The van der Waals surface area contributed by atoms with E-state index in [1.54, 1.807) is 0 Å². The molecule has 0 bridgehead atoms. The second kappa shape index (κ2) is 7.74. The zero-order chi connectivity index (χ0) is 17.7. The fourth-order valence-electron chi connectivity index (χ4n) is 2.43. The van der Waals surface area contributed by atoms with Gasteiger partial charge < -0.3 is 19.7 Å². The summed E-state index contributed by atoms with van der Waals surface area (Å²) in [7, 11) is 1.54. The average molecular weight is 331 g/mol. The Morgan fingerprint density at radius 1 is 1.38 bits per heavy atom. The number of methoxy groups -OCH3 is 1. The predicted molar refractivity (Wildman–Crippen MR) is 89.2 cm³/mol. The highest BCUT2D eigenvalue weighted by Gasteiger charge is 2.12. The zero-order valence-corrected chi connectivity index (χ0v) is 14.0. The predicted octanol–water partition coefficient (Wildman–Crippen LogP) is 0.791. The molecular formula is C17H21N3O4. The molecule has 24 heavy (non-hydrogen) atoms. The molecule has 0 fully saturated rings. The van der Waals surface area contributed by atoms with Gasteiger partial charge in [-0.1, -0.05) is 0 Å². The van der Waals surface area contributed by atoms with Crippen molar-refractivity contribution in [2.75, 3.05) is 13.7 Å². The average Bonchev–Trinajstić information content (AvgIpc) is 2.55. The first kappa shape index (κ1) is 17.7. The van der Waals surface area contributed by atoms with Crippen molar-refractivity contribution >= 4 is 5.91 Å². The molecule has 7 heteroatoms. The van der Waals surface area contributed by atoms with E-state index in [1.807, 2.05) is 19.9 Å². The van der Waals surface area contributed by atoms with E-state index in [2.05, 4.69) is 10.3 Å². The minimum absolute atomic E-state index is 0.148. The quantitative estimate of drug-likeness (QED) is 0.816. The summed E-state index contributed by atoms with van der Waals surface area (Å²) in [6, 6.07) is 4.69. The van der Waals surface area contributed by atoms with Crippen LogP contribution in [0.5, 0.6) is 5.88 Å². The van der Waals surface area contributed by atoms with Gasteiger partial charge in [0.15, 0.2) is 0 Å². The lowest BCUT2D eigenvalue weighted by Crippen LogP contribution is -2.27. The molecule has 0 aromatic carbocycles. The van der Waals surface area contributed by atoms with Crippen LogP contribution >= 0.6 is 0 Å². The monoisotopic (exact) mass is 331 g/mol. The van der Waals surface area contributed by atoms with Crippen molar-refractivity contribution in [2.24, 2.45) is 0 Å². The van der Waals surface area contributed by atoms with Crippen LogP contribution in [0, 0.1) is 13.8 Å². The lowest BCUT2D eigenvalue weighted by atomic mass is 10.1. The number of aryl methyl sites for hydroxylation is 2. The number of amides is 1. The molecular weight excluding hydrogens is 310 g/mol. The molecule has 128 valence electrons. The Morgan fingerprint density at radius 3 is 2.79 bits per heavy atom. The number of carbonyl (C=O) groups is 1. The lowest BCUT2D eigenvalue weighted by molar-refractivity contribution is 0.0949. The van der Waals surface area contributed by atoms with Crippen molar-refractivity contribution in [1.29, 1.82) is 0 Å². The summed E-state index contributed by atoms with van der Waals surface area (Å²) in [6.07, 6.45) is 1.44. The largest absolute Gasteiger partial charge is 0.481 e. The summed E-state index contributed by atoms with van der Waals surface area (Å²) in [5, 5.41) is 11.8. The second-order valence-electron chi connectivity index (χ2n) is 5.42. The van der Waals surface area contributed by atoms with Crippen molar-refractivity contribution in [3.05, 3.63) is 57.1 Å².